The summed E-state index contributed by atoms with van der Waals surface area (Å²) >= 11 is 10.2. The topological polar surface area (TPSA) is 90.4 Å². The standard InChI is InChI=1S/C29H37BrClN3O5/c1-5-13-32(14-6-2)26(36)22-23-27(37)34(18(8-4)17-35)25(29(23)16-19(30)24(22)39-29)28(38)33(15-7-3)21-12-10-9-11-20(21)31/h5,7,9-12,18-19,22-25,35H,1,3,6,8,13-17H2,2,4H3/t18-,19?,22+,23-,24+,25?,29?/m0/s1. The fourth-order valence-electron chi connectivity index (χ4n) is 6.62. The summed E-state index contributed by atoms with van der Waals surface area (Å²) < 4.78 is 6.63. The molecule has 212 valence electrons. The van der Waals surface area contributed by atoms with Crippen LogP contribution >= 0.6 is 27.5 Å². The summed E-state index contributed by atoms with van der Waals surface area (Å²) in [4.78, 5) is 47.3. The number of carbonyl (C=O) groups excluding carboxylic acids is 3. The first-order chi connectivity index (χ1) is 18.7. The SMILES string of the molecule is C=CCN(CCC)C(=O)[C@H]1[C@@H]2OC3(CC2Br)C(C(=O)N(CC=C)c2ccccc2Cl)N([C@@H](CC)CO)C(=O)[C@H]13. The van der Waals surface area contributed by atoms with Gasteiger partial charge in [-0.05, 0) is 31.4 Å². The van der Waals surface area contributed by atoms with Gasteiger partial charge in [0, 0.05) is 24.5 Å². The van der Waals surface area contributed by atoms with Crippen LogP contribution in [0.5, 0.6) is 0 Å². The van der Waals surface area contributed by atoms with Crippen LogP contribution in [-0.4, -0.2) is 87.5 Å². The number of alkyl halides is 1. The summed E-state index contributed by atoms with van der Waals surface area (Å²) in [6, 6.07) is 5.34. The average molecular weight is 623 g/mol. The van der Waals surface area contributed by atoms with E-state index in [0.717, 1.165) is 6.42 Å². The number of fused-ring (bicyclic) bond motifs is 1. The van der Waals surface area contributed by atoms with Gasteiger partial charge < -0.3 is 24.5 Å². The molecule has 1 aromatic rings. The van der Waals surface area contributed by atoms with Gasteiger partial charge in [0.15, 0.2) is 0 Å². The lowest BCUT2D eigenvalue weighted by molar-refractivity contribution is -0.147. The molecule has 3 heterocycles. The van der Waals surface area contributed by atoms with Gasteiger partial charge in [-0.25, -0.2) is 0 Å². The van der Waals surface area contributed by atoms with E-state index in [0.29, 0.717) is 36.6 Å². The molecule has 1 N–H and O–H groups in total. The number of likely N-dealkylation sites (tertiary alicyclic amines) is 1. The third-order valence-electron chi connectivity index (χ3n) is 8.20. The van der Waals surface area contributed by atoms with Crippen molar-refractivity contribution in [1.29, 1.82) is 0 Å². The van der Waals surface area contributed by atoms with Crippen LogP contribution in [0.15, 0.2) is 49.6 Å². The highest BCUT2D eigenvalue weighted by molar-refractivity contribution is 9.09. The molecule has 0 aliphatic carbocycles. The monoisotopic (exact) mass is 621 g/mol. The number of anilines is 1. The largest absolute Gasteiger partial charge is 0.394 e. The lowest BCUT2D eigenvalue weighted by Gasteiger charge is -2.39. The summed E-state index contributed by atoms with van der Waals surface area (Å²) in [6.45, 7) is 12.2. The van der Waals surface area contributed by atoms with Crippen molar-refractivity contribution in [3.05, 3.63) is 54.6 Å². The van der Waals surface area contributed by atoms with Gasteiger partial charge in [0.05, 0.1) is 41.3 Å². The highest BCUT2D eigenvalue weighted by atomic mass is 79.9. The first kappa shape index (κ1) is 29.8. The molecule has 3 unspecified atom stereocenters. The maximum absolute atomic E-state index is 14.6. The minimum absolute atomic E-state index is 0.158. The molecule has 3 aliphatic heterocycles. The predicted molar refractivity (Wildman–Crippen MR) is 155 cm³/mol. The van der Waals surface area contributed by atoms with Crippen LogP contribution in [0.2, 0.25) is 5.02 Å². The highest BCUT2D eigenvalue weighted by Gasteiger charge is 2.77. The molecule has 4 rings (SSSR count). The van der Waals surface area contributed by atoms with Crippen molar-refractivity contribution in [3.63, 3.8) is 0 Å². The van der Waals surface area contributed by atoms with E-state index in [1.165, 1.54) is 9.80 Å². The number of aliphatic hydroxyl groups is 1. The van der Waals surface area contributed by atoms with Crippen molar-refractivity contribution in [2.45, 2.75) is 61.7 Å². The van der Waals surface area contributed by atoms with E-state index in [1.807, 2.05) is 13.8 Å². The Labute approximate surface area is 243 Å². The number of aliphatic hydroxyl groups excluding tert-OH is 1. The predicted octanol–water partition coefficient (Wildman–Crippen LogP) is 3.80. The third kappa shape index (κ3) is 4.85. The molecule has 3 aliphatic rings. The van der Waals surface area contributed by atoms with E-state index in [4.69, 9.17) is 16.3 Å². The molecule has 8 nitrogen and oxygen atoms in total. The normalized spacial score (nSPS) is 29.7. The summed E-state index contributed by atoms with van der Waals surface area (Å²) in [6.07, 6.45) is 4.28. The quantitative estimate of drug-likeness (QED) is 0.283. The van der Waals surface area contributed by atoms with E-state index in [-0.39, 0.29) is 35.7 Å². The molecule has 0 aromatic heterocycles. The number of rotatable bonds is 12. The van der Waals surface area contributed by atoms with Crippen LogP contribution in [0.25, 0.3) is 0 Å². The van der Waals surface area contributed by atoms with E-state index in [1.54, 1.807) is 41.3 Å². The van der Waals surface area contributed by atoms with Gasteiger partial charge >= 0.3 is 0 Å². The number of carbonyl (C=O) groups is 3. The second-order valence-electron chi connectivity index (χ2n) is 10.4. The molecule has 10 heteroatoms. The Morgan fingerprint density at radius 3 is 2.54 bits per heavy atom. The molecule has 3 amide bonds. The zero-order valence-corrected chi connectivity index (χ0v) is 24.8. The van der Waals surface area contributed by atoms with Crippen LogP contribution in [0.3, 0.4) is 0 Å². The number of hydrogen-bond donors (Lipinski definition) is 1. The Morgan fingerprint density at radius 1 is 1.26 bits per heavy atom. The molecule has 1 aromatic carbocycles. The van der Waals surface area contributed by atoms with Crippen LogP contribution in [0, 0.1) is 11.8 Å². The fraction of sp³-hybridized carbons (Fsp3) is 0.552. The van der Waals surface area contributed by atoms with Crippen LogP contribution in [0.1, 0.15) is 33.1 Å². The smallest absolute Gasteiger partial charge is 0.253 e. The molecular formula is C29H37BrClN3O5. The Hall–Kier alpha value is -2.20. The molecule has 3 saturated heterocycles. The van der Waals surface area contributed by atoms with Crippen molar-refractivity contribution in [2.75, 3.05) is 31.1 Å². The van der Waals surface area contributed by atoms with Crippen molar-refractivity contribution in [2.24, 2.45) is 11.8 Å². The molecule has 0 radical (unpaired) electrons. The Kier molecular flexibility index (Phi) is 9.26. The zero-order chi connectivity index (χ0) is 28.5. The van der Waals surface area contributed by atoms with E-state index in [9.17, 15) is 19.5 Å². The number of hydrogen-bond acceptors (Lipinski definition) is 5. The number of ether oxygens (including phenoxy) is 1. The molecule has 3 fully saturated rings. The van der Waals surface area contributed by atoms with Gasteiger partial charge in [0.25, 0.3) is 5.91 Å². The highest BCUT2D eigenvalue weighted by Crippen LogP contribution is 2.61. The van der Waals surface area contributed by atoms with Crippen molar-refractivity contribution in [1.82, 2.24) is 9.80 Å². The number of amides is 3. The lowest BCUT2D eigenvalue weighted by Crippen LogP contribution is -2.59. The van der Waals surface area contributed by atoms with Gasteiger partial charge in [0.1, 0.15) is 11.6 Å². The second-order valence-corrected chi connectivity index (χ2v) is 12.0. The summed E-state index contributed by atoms with van der Waals surface area (Å²) in [5.74, 6) is -2.49. The summed E-state index contributed by atoms with van der Waals surface area (Å²) in [7, 11) is 0. The van der Waals surface area contributed by atoms with E-state index >= 15 is 0 Å². The Bertz CT molecular complexity index is 1130. The number of halogens is 2. The minimum atomic E-state index is -1.23. The first-order valence-electron chi connectivity index (χ1n) is 13.5. The van der Waals surface area contributed by atoms with Gasteiger partial charge in [-0.3, -0.25) is 14.4 Å². The Morgan fingerprint density at radius 2 is 1.95 bits per heavy atom. The average Bonchev–Trinajstić information content (AvgIpc) is 3.51. The number of nitrogens with zero attached hydrogens (tertiary/aromatic N) is 3. The van der Waals surface area contributed by atoms with Crippen molar-refractivity contribution in [3.8, 4) is 0 Å². The van der Waals surface area contributed by atoms with Gasteiger partial charge in [-0.1, -0.05) is 65.7 Å². The van der Waals surface area contributed by atoms with E-state index in [2.05, 4.69) is 29.1 Å². The zero-order valence-electron chi connectivity index (χ0n) is 22.5. The maximum atomic E-state index is 14.6. The minimum Gasteiger partial charge on any atom is -0.394 e. The van der Waals surface area contributed by atoms with E-state index < -0.39 is 35.6 Å². The third-order valence-corrected chi connectivity index (χ3v) is 9.36. The van der Waals surface area contributed by atoms with Crippen molar-refractivity contribution >= 4 is 50.9 Å². The number of benzene rings is 1. The van der Waals surface area contributed by atoms with Gasteiger partial charge in [-0.15, -0.1) is 13.2 Å². The number of para-hydroxylation sites is 1. The summed E-state index contributed by atoms with van der Waals surface area (Å²) in [5, 5.41) is 10.7. The van der Waals surface area contributed by atoms with Gasteiger partial charge in [0.2, 0.25) is 11.8 Å². The van der Waals surface area contributed by atoms with Crippen LogP contribution < -0.4 is 4.90 Å². The maximum Gasteiger partial charge on any atom is 0.253 e. The lowest BCUT2D eigenvalue weighted by atomic mass is 9.70. The summed E-state index contributed by atoms with van der Waals surface area (Å²) in [5.41, 5.74) is -0.744. The second kappa shape index (κ2) is 12.1. The van der Waals surface area contributed by atoms with Crippen LogP contribution in [-0.2, 0) is 19.1 Å². The van der Waals surface area contributed by atoms with Crippen molar-refractivity contribution < 1.29 is 24.2 Å². The molecule has 0 saturated carbocycles. The Balaban J connectivity index is 1.84. The molecular weight excluding hydrogens is 586 g/mol. The van der Waals surface area contributed by atoms with Crippen LogP contribution in [0.4, 0.5) is 5.69 Å². The molecule has 1 spiro atoms. The molecule has 39 heavy (non-hydrogen) atoms. The fourth-order valence-corrected chi connectivity index (χ4v) is 7.80. The van der Waals surface area contributed by atoms with Gasteiger partial charge in [-0.2, -0.15) is 0 Å². The molecule has 2 bridgehead atoms. The first-order valence-corrected chi connectivity index (χ1v) is 14.8. The molecule has 7 atom stereocenters.